The molecule has 0 bridgehead atoms. The van der Waals surface area contributed by atoms with Crippen molar-refractivity contribution < 1.29 is 4.79 Å². The first-order valence-electron chi connectivity index (χ1n) is 7.90. The van der Waals surface area contributed by atoms with Crippen LogP contribution in [0.1, 0.15) is 18.2 Å². The number of rotatable bonds is 5. The molecule has 0 atom stereocenters. The molecule has 1 amide bonds. The number of carbonyl (C=O) groups excluding carboxylic acids is 1. The SMILES string of the molecule is CC(=O)N(c1cccc(Cl)c1)c1nc(/C=N\Nc2ccc(C)cc2)cs1. The minimum atomic E-state index is -0.136. The number of hydrogen-bond acceptors (Lipinski definition) is 5. The van der Waals surface area contributed by atoms with Crippen LogP contribution < -0.4 is 10.3 Å². The highest BCUT2D eigenvalue weighted by Crippen LogP contribution is 2.30. The number of hydrogen-bond donors (Lipinski definition) is 1. The zero-order chi connectivity index (χ0) is 18.5. The zero-order valence-corrected chi connectivity index (χ0v) is 15.9. The van der Waals surface area contributed by atoms with Crippen LogP contribution in [0.3, 0.4) is 0 Å². The Hall–Kier alpha value is -2.70. The highest BCUT2D eigenvalue weighted by atomic mass is 35.5. The molecule has 132 valence electrons. The third-order valence-corrected chi connectivity index (χ3v) is 4.60. The molecule has 0 saturated carbocycles. The molecule has 26 heavy (non-hydrogen) atoms. The average molecular weight is 385 g/mol. The standard InChI is InChI=1S/C19H17ClN4OS/c1-13-6-8-16(9-7-13)23-21-11-17-12-26-19(22-17)24(14(2)25)18-5-3-4-15(20)10-18/h3-12,23H,1-2H3/b21-11-. The number of aromatic nitrogens is 1. The van der Waals surface area contributed by atoms with Crippen molar-refractivity contribution in [1.29, 1.82) is 0 Å². The van der Waals surface area contributed by atoms with Gasteiger partial charge >= 0.3 is 0 Å². The second-order valence-electron chi connectivity index (χ2n) is 5.63. The monoisotopic (exact) mass is 384 g/mol. The Kier molecular flexibility index (Phi) is 5.65. The molecule has 3 rings (SSSR count). The van der Waals surface area contributed by atoms with Gasteiger partial charge in [-0.3, -0.25) is 15.1 Å². The molecule has 3 aromatic rings. The summed E-state index contributed by atoms with van der Waals surface area (Å²) < 4.78 is 0. The molecular formula is C19H17ClN4OS. The molecule has 0 aliphatic heterocycles. The Morgan fingerprint density at radius 1 is 1.27 bits per heavy atom. The van der Waals surface area contributed by atoms with Crippen molar-refractivity contribution in [2.75, 3.05) is 10.3 Å². The summed E-state index contributed by atoms with van der Waals surface area (Å²) in [5, 5.41) is 7.16. The van der Waals surface area contributed by atoms with Crippen molar-refractivity contribution in [2.24, 2.45) is 5.10 Å². The van der Waals surface area contributed by atoms with E-state index in [1.807, 2.05) is 42.6 Å². The van der Waals surface area contributed by atoms with Gasteiger partial charge in [0.15, 0.2) is 5.13 Å². The van der Waals surface area contributed by atoms with Crippen LogP contribution in [0, 0.1) is 6.92 Å². The number of nitrogens with one attached hydrogen (secondary N) is 1. The second-order valence-corrected chi connectivity index (χ2v) is 6.90. The largest absolute Gasteiger partial charge is 0.278 e. The van der Waals surface area contributed by atoms with Gasteiger partial charge in [0.2, 0.25) is 5.91 Å². The van der Waals surface area contributed by atoms with Gasteiger partial charge in [-0.25, -0.2) is 4.98 Å². The fourth-order valence-corrected chi connectivity index (χ4v) is 3.30. The van der Waals surface area contributed by atoms with Crippen LogP contribution in [-0.4, -0.2) is 17.1 Å². The summed E-state index contributed by atoms with van der Waals surface area (Å²) in [7, 11) is 0. The van der Waals surface area contributed by atoms with E-state index in [4.69, 9.17) is 11.6 Å². The third-order valence-electron chi connectivity index (χ3n) is 3.52. The maximum Gasteiger partial charge on any atom is 0.230 e. The minimum absolute atomic E-state index is 0.136. The lowest BCUT2D eigenvalue weighted by Gasteiger charge is -2.18. The lowest BCUT2D eigenvalue weighted by Crippen LogP contribution is -2.22. The summed E-state index contributed by atoms with van der Waals surface area (Å²) >= 11 is 7.41. The van der Waals surface area contributed by atoms with Gasteiger partial charge in [0, 0.05) is 17.3 Å². The Morgan fingerprint density at radius 2 is 2.04 bits per heavy atom. The summed E-state index contributed by atoms with van der Waals surface area (Å²) in [6.07, 6.45) is 1.62. The first-order valence-corrected chi connectivity index (χ1v) is 9.16. The van der Waals surface area contributed by atoms with Crippen molar-refractivity contribution in [2.45, 2.75) is 13.8 Å². The van der Waals surface area contributed by atoms with Gasteiger partial charge in [-0.05, 0) is 37.3 Å². The molecule has 0 unspecified atom stereocenters. The number of carbonyl (C=O) groups is 1. The van der Waals surface area contributed by atoms with E-state index in [0.717, 1.165) is 5.69 Å². The van der Waals surface area contributed by atoms with Gasteiger partial charge in [0.1, 0.15) is 0 Å². The van der Waals surface area contributed by atoms with Crippen LogP contribution in [-0.2, 0) is 4.79 Å². The van der Waals surface area contributed by atoms with Gasteiger partial charge in [-0.15, -0.1) is 11.3 Å². The molecule has 0 aliphatic carbocycles. The zero-order valence-electron chi connectivity index (χ0n) is 14.3. The topological polar surface area (TPSA) is 57.6 Å². The predicted molar refractivity (Wildman–Crippen MR) is 109 cm³/mol. The molecule has 1 N–H and O–H groups in total. The minimum Gasteiger partial charge on any atom is -0.278 e. The summed E-state index contributed by atoms with van der Waals surface area (Å²) in [5.41, 5.74) is 6.39. The molecule has 5 nitrogen and oxygen atoms in total. The Balaban J connectivity index is 1.75. The van der Waals surface area contributed by atoms with Crippen molar-refractivity contribution in [3.8, 4) is 0 Å². The number of anilines is 3. The summed E-state index contributed by atoms with van der Waals surface area (Å²) in [4.78, 5) is 18.1. The highest BCUT2D eigenvalue weighted by Gasteiger charge is 2.17. The molecular weight excluding hydrogens is 368 g/mol. The van der Waals surface area contributed by atoms with E-state index in [1.165, 1.54) is 28.7 Å². The van der Waals surface area contributed by atoms with E-state index < -0.39 is 0 Å². The second kappa shape index (κ2) is 8.12. The first kappa shape index (κ1) is 18.1. The van der Waals surface area contributed by atoms with Gasteiger partial charge in [0.25, 0.3) is 0 Å². The lowest BCUT2D eigenvalue weighted by molar-refractivity contribution is -0.115. The Morgan fingerprint density at radius 3 is 2.73 bits per heavy atom. The molecule has 2 aromatic carbocycles. The average Bonchev–Trinajstić information content (AvgIpc) is 3.05. The number of thiazole rings is 1. The predicted octanol–water partition coefficient (Wildman–Crippen LogP) is 5.24. The van der Waals surface area contributed by atoms with Crippen molar-refractivity contribution in [1.82, 2.24) is 4.98 Å². The van der Waals surface area contributed by atoms with Crippen LogP contribution in [0.25, 0.3) is 0 Å². The van der Waals surface area contributed by atoms with Crippen molar-refractivity contribution >= 4 is 51.6 Å². The van der Waals surface area contributed by atoms with Gasteiger partial charge in [-0.1, -0.05) is 35.4 Å². The normalized spacial score (nSPS) is 10.9. The first-order chi connectivity index (χ1) is 12.5. The van der Waals surface area contributed by atoms with Crippen molar-refractivity contribution in [3.63, 3.8) is 0 Å². The molecule has 7 heteroatoms. The molecule has 1 heterocycles. The fraction of sp³-hybridized carbons (Fsp3) is 0.105. The van der Waals surface area contributed by atoms with Gasteiger partial charge in [0.05, 0.1) is 23.3 Å². The van der Waals surface area contributed by atoms with E-state index >= 15 is 0 Å². The van der Waals surface area contributed by atoms with Gasteiger partial charge in [-0.2, -0.15) is 5.10 Å². The Labute approximate surface area is 161 Å². The quantitative estimate of drug-likeness (QED) is 0.483. The van der Waals surface area contributed by atoms with E-state index in [-0.39, 0.29) is 5.91 Å². The number of halogens is 1. The summed E-state index contributed by atoms with van der Waals surface area (Å²) in [5.74, 6) is -0.136. The van der Waals surface area contributed by atoms with E-state index in [2.05, 4.69) is 15.5 Å². The fourth-order valence-electron chi connectivity index (χ4n) is 2.28. The van der Waals surface area contributed by atoms with Crippen molar-refractivity contribution in [3.05, 3.63) is 70.2 Å². The van der Waals surface area contributed by atoms with Crippen LogP contribution >= 0.6 is 22.9 Å². The lowest BCUT2D eigenvalue weighted by atomic mass is 10.2. The van der Waals surface area contributed by atoms with Crippen LogP contribution in [0.4, 0.5) is 16.5 Å². The maximum absolute atomic E-state index is 12.1. The number of amides is 1. The van der Waals surface area contributed by atoms with Crippen LogP contribution in [0.2, 0.25) is 5.02 Å². The maximum atomic E-state index is 12.1. The van der Waals surface area contributed by atoms with Crippen LogP contribution in [0.5, 0.6) is 0 Å². The third kappa shape index (κ3) is 4.47. The smallest absolute Gasteiger partial charge is 0.230 e. The number of aryl methyl sites for hydroxylation is 1. The number of hydrazone groups is 1. The van der Waals surface area contributed by atoms with E-state index in [0.29, 0.717) is 21.5 Å². The molecule has 0 radical (unpaired) electrons. The molecule has 1 aromatic heterocycles. The number of nitrogens with zero attached hydrogens (tertiary/aromatic N) is 3. The van der Waals surface area contributed by atoms with E-state index in [9.17, 15) is 4.79 Å². The van der Waals surface area contributed by atoms with E-state index in [1.54, 1.807) is 24.4 Å². The highest BCUT2D eigenvalue weighted by molar-refractivity contribution is 7.14. The molecule has 0 saturated heterocycles. The molecule has 0 aliphatic rings. The molecule has 0 spiro atoms. The summed E-state index contributed by atoms with van der Waals surface area (Å²) in [6, 6.07) is 15.0. The number of benzene rings is 2. The van der Waals surface area contributed by atoms with Crippen LogP contribution in [0.15, 0.2) is 59.0 Å². The summed E-state index contributed by atoms with van der Waals surface area (Å²) in [6.45, 7) is 3.53. The Bertz CT molecular complexity index is 937. The van der Waals surface area contributed by atoms with Gasteiger partial charge < -0.3 is 0 Å². The molecule has 0 fully saturated rings.